The molecule has 2 N–H and O–H groups in total. The van der Waals surface area contributed by atoms with E-state index >= 15 is 0 Å². The largest absolute Gasteiger partial charge is 0.370 e. The Kier molecular flexibility index (Phi) is 3.72. The molecule has 0 aromatic carbocycles. The lowest BCUT2D eigenvalue weighted by molar-refractivity contribution is 0.427. The summed E-state index contributed by atoms with van der Waals surface area (Å²) in [5.41, 5.74) is 6.10. The number of hydrogen-bond acceptors (Lipinski definition) is 1. The van der Waals surface area contributed by atoms with Gasteiger partial charge in [-0.05, 0) is 31.1 Å². The van der Waals surface area contributed by atoms with Crippen molar-refractivity contribution in [3.63, 3.8) is 0 Å². The zero-order valence-corrected chi connectivity index (χ0v) is 10.7. The molecule has 0 amide bonds. The number of nitrogens with zero attached hydrogens (tertiary/aromatic N) is 2. The second-order valence-corrected chi connectivity index (χ2v) is 5.60. The summed E-state index contributed by atoms with van der Waals surface area (Å²) in [5, 5.41) is 0. The average molecular weight is 223 g/mol. The Morgan fingerprint density at radius 3 is 2.31 bits per heavy atom. The molecule has 2 atom stereocenters. The van der Waals surface area contributed by atoms with Crippen molar-refractivity contribution in [2.45, 2.75) is 52.0 Å². The van der Waals surface area contributed by atoms with Crippen LogP contribution in [0, 0.1) is 11.8 Å². The molecule has 2 aliphatic rings. The van der Waals surface area contributed by atoms with Crippen molar-refractivity contribution in [2.75, 3.05) is 13.1 Å². The summed E-state index contributed by atoms with van der Waals surface area (Å²) in [7, 11) is 0. The minimum absolute atomic E-state index is 0.517. The number of aliphatic imine (C=N–C) groups is 1. The van der Waals surface area contributed by atoms with Crippen LogP contribution >= 0.6 is 0 Å². The monoisotopic (exact) mass is 223 g/mol. The van der Waals surface area contributed by atoms with Crippen LogP contribution in [0.1, 0.15) is 46.0 Å². The fourth-order valence-electron chi connectivity index (χ4n) is 2.62. The van der Waals surface area contributed by atoms with E-state index in [1.54, 1.807) is 0 Å². The molecular formula is C13H25N3. The molecule has 2 fully saturated rings. The van der Waals surface area contributed by atoms with E-state index in [1.807, 2.05) is 0 Å². The summed E-state index contributed by atoms with van der Waals surface area (Å²) >= 11 is 0. The highest BCUT2D eigenvalue weighted by atomic mass is 15.3. The minimum atomic E-state index is 0.517. The molecule has 0 aromatic rings. The predicted molar refractivity (Wildman–Crippen MR) is 68.4 cm³/mol. The Labute approximate surface area is 99.1 Å². The van der Waals surface area contributed by atoms with E-state index in [1.165, 1.54) is 32.1 Å². The van der Waals surface area contributed by atoms with Crippen molar-refractivity contribution in [1.29, 1.82) is 0 Å². The molecule has 1 heterocycles. The Bertz CT molecular complexity index is 252. The second-order valence-electron chi connectivity index (χ2n) is 5.60. The highest BCUT2D eigenvalue weighted by molar-refractivity contribution is 5.78. The molecule has 0 radical (unpaired) electrons. The highest BCUT2D eigenvalue weighted by Crippen LogP contribution is 2.40. The van der Waals surface area contributed by atoms with Crippen LogP contribution in [0.3, 0.4) is 0 Å². The van der Waals surface area contributed by atoms with Crippen LogP contribution < -0.4 is 5.73 Å². The zero-order chi connectivity index (χ0) is 11.5. The number of rotatable bonds is 2. The van der Waals surface area contributed by atoms with Crippen molar-refractivity contribution < 1.29 is 0 Å². The summed E-state index contributed by atoms with van der Waals surface area (Å²) < 4.78 is 0. The van der Waals surface area contributed by atoms with Crippen LogP contribution in [0.15, 0.2) is 4.99 Å². The molecule has 92 valence electrons. The highest BCUT2D eigenvalue weighted by Gasteiger charge is 2.39. The predicted octanol–water partition coefficient (Wildman–Crippen LogP) is 2.22. The average Bonchev–Trinajstić information content (AvgIpc) is 2.98. The van der Waals surface area contributed by atoms with Gasteiger partial charge in [0, 0.05) is 13.1 Å². The van der Waals surface area contributed by atoms with Gasteiger partial charge in [-0.15, -0.1) is 0 Å². The standard InChI is InChI=1S/C13H25N3/c1-10(2)11-9-12(11)15-13(14)16-7-5-3-4-6-8-16/h10-12H,3-9H2,1-2H3,(H2,14,15)/t11-,12+/m0/s1. The van der Waals surface area contributed by atoms with Gasteiger partial charge in [0.25, 0.3) is 0 Å². The molecule has 1 saturated heterocycles. The quantitative estimate of drug-likeness (QED) is 0.576. The molecule has 1 aliphatic carbocycles. The zero-order valence-electron chi connectivity index (χ0n) is 10.7. The van der Waals surface area contributed by atoms with Crippen molar-refractivity contribution in [2.24, 2.45) is 22.6 Å². The van der Waals surface area contributed by atoms with Crippen LogP contribution in [0.2, 0.25) is 0 Å². The number of guanidine groups is 1. The van der Waals surface area contributed by atoms with E-state index in [2.05, 4.69) is 23.7 Å². The first kappa shape index (κ1) is 11.7. The van der Waals surface area contributed by atoms with Crippen molar-refractivity contribution in [1.82, 2.24) is 4.90 Å². The molecule has 16 heavy (non-hydrogen) atoms. The van der Waals surface area contributed by atoms with Gasteiger partial charge in [0.2, 0.25) is 0 Å². The van der Waals surface area contributed by atoms with Crippen molar-refractivity contribution >= 4 is 5.96 Å². The third kappa shape index (κ3) is 2.89. The molecule has 0 unspecified atom stereocenters. The molecule has 2 rings (SSSR count). The fourth-order valence-corrected chi connectivity index (χ4v) is 2.62. The molecule has 3 nitrogen and oxygen atoms in total. The molecule has 1 saturated carbocycles. The summed E-state index contributed by atoms with van der Waals surface area (Å²) in [6.45, 7) is 6.77. The molecule has 0 aromatic heterocycles. The molecule has 1 aliphatic heterocycles. The van der Waals surface area contributed by atoms with Crippen LogP contribution in [0.5, 0.6) is 0 Å². The summed E-state index contributed by atoms with van der Waals surface area (Å²) in [6.07, 6.45) is 6.48. The van der Waals surface area contributed by atoms with Gasteiger partial charge in [0.15, 0.2) is 5.96 Å². The Balaban J connectivity index is 1.86. The van der Waals surface area contributed by atoms with Crippen molar-refractivity contribution in [3.05, 3.63) is 0 Å². The maximum Gasteiger partial charge on any atom is 0.191 e. The Morgan fingerprint density at radius 1 is 1.19 bits per heavy atom. The number of likely N-dealkylation sites (tertiary alicyclic amines) is 1. The lowest BCUT2D eigenvalue weighted by atomic mass is 10.1. The SMILES string of the molecule is CC(C)[C@@H]1C[C@H]1N=C(N)N1CCCCCC1. The number of hydrogen-bond donors (Lipinski definition) is 1. The maximum atomic E-state index is 6.10. The van der Waals surface area contributed by atoms with Gasteiger partial charge in [0.05, 0.1) is 6.04 Å². The van der Waals surface area contributed by atoms with E-state index < -0.39 is 0 Å². The molecule has 3 heteroatoms. The Morgan fingerprint density at radius 2 is 1.81 bits per heavy atom. The molecular weight excluding hydrogens is 198 g/mol. The maximum absolute atomic E-state index is 6.10. The lowest BCUT2D eigenvalue weighted by Crippen LogP contribution is -2.38. The van der Waals surface area contributed by atoms with E-state index in [0.717, 1.165) is 30.9 Å². The van der Waals surface area contributed by atoms with Crippen LogP contribution in [0.25, 0.3) is 0 Å². The minimum Gasteiger partial charge on any atom is -0.370 e. The summed E-state index contributed by atoms with van der Waals surface area (Å²) in [6, 6.07) is 0.517. The topological polar surface area (TPSA) is 41.6 Å². The van der Waals surface area contributed by atoms with Gasteiger partial charge in [-0.2, -0.15) is 0 Å². The Hall–Kier alpha value is -0.730. The third-order valence-electron chi connectivity index (χ3n) is 3.89. The molecule has 0 bridgehead atoms. The fraction of sp³-hybridized carbons (Fsp3) is 0.923. The van der Waals surface area contributed by atoms with E-state index in [4.69, 9.17) is 5.73 Å². The lowest BCUT2D eigenvalue weighted by Gasteiger charge is -2.21. The van der Waals surface area contributed by atoms with Gasteiger partial charge in [0.1, 0.15) is 0 Å². The van der Waals surface area contributed by atoms with Crippen molar-refractivity contribution in [3.8, 4) is 0 Å². The van der Waals surface area contributed by atoms with Gasteiger partial charge in [-0.25, -0.2) is 4.99 Å². The van der Waals surface area contributed by atoms with Crippen LogP contribution in [0.4, 0.5) is 0 Å². The van der Waals surface area contributed by atoms with Crippen LogP contribution in [-0.4, -0.2) is 30.0 Å². The third-order valence-corrected chi connectivity index (χ3v) is 3.89. The van der Waals surface area contributed by atoms with Gasteiger partial charge < -0.3 is 10.6 Å². The summed E-state index contributed by atoms with van der Waals surface area (Å²) in [5.74, 6) is 2.34. The van der Waals surface area contributed by atoms with E-state index in [9.17, 15) is 0 Å². The first-order valence-corrected chi connectivity index (χ1v) is 6.76. The first-order valence-electron chi connectivity index (χ1n) is 6.76. The summed E-state index contributed by atoms with van der Waals surface area (Å²) in [4.78, 5) is 6.96. The van der Waals surface area contributed by atoms with E-state index in [-0.39, 0.29) is 0 Å². The van der Waals surface area contributed by atoms with Gasteiger partial charge in [-0.3, -0.25) is 0 Å². The van der Waals surface area contributed by atoms with E-state index in [0.29, 0.717) is 6.04 Å². The smallest absolute Gasteiger partial charge is 0.191 e. The van der Waals surface area contributed by atoms with Gasteiger partial charge >= 0.3 is 0 Å². The van der Waals surface area contributed by atoms with Gasteiger partial charge in [-0.1, -0.05) is 26.7 Å². The second kappa shape index (κ2) is 5.07. The normalized spacial score (nSPS) is 31.7. The molecule has 0 spiro atoms. The van der Waals surface area contributed by atoms with Crippen LogP contribution in [-0.2, 0) is 0 Å². The number of nitrogens with two attached hydrogens (primary N) is 1. The first-order chi connectivity index (χ1) is 7.68.